The molecule has 0 aliphatic carbocycles. The number of amides is 1. The molecule has 0 aromatic heterocycles. The molecule has 2 aromatic carbocycles. The lowest BCUT2D eigenvalue weighted by Crippen LogP contribution is -2.36. The van der Waals surface area contributed by atoms with Crippen molar-refractivity contribution in [1.82, 2.24) is 5.32 Å². The zero-order valence-corrected chi connectivity index (χ0v) is 14.5. The van der Waals surface area contributed by atoms with Gasteiger partial charge in [-0.2, -0.15) is 0 Å². The van der Waals surface area contributed by atoms with Crippen molar-refractivity contribution in [3.05, 3.63) is 71.3 Å². The standard InChI is InChI=1S/C21H27NO2/c1-16(2)20(14-18-6-4-3-5-7-18)21(24)22-13-12-17-8-10-19(15-23)11-9-17/h3-11,16,20,23H,12-15H2,1-2H3,(H,22,24). The quantitative estimate of drug-likeness (QED) is 0.782. The highest BCUT2D eigenvalue weighted by atomic mass is 16.3. The summed E-state index contributed by atoms with van der Waals surface area (Å²) in [4.78, 5) is 12.5. The van der Waals surface area contributed by atoms with Crippen LogP contribution in [0.1, 0.15) is 30.5 Å². The summed E-state index contributed by atoms with van der Waals surface area (Å²) in [5.74, 6) is 0.416. The Bertz CT molecular complexity index is 620. The van der Waals surface area contributed by atoms with E-state index in [9.17, 15) is 4.79 Å². The van der Waals surface area contributed by atoms with E-state index in [4.69, 9.17) is 5.11 Å². The van der Waals surface area contributed by atoms with Gasteiger partial charge in [-0.05, 0) is 35.4 Å². The average Bonchev–Trinajstić information content (AvgIpc) is 2.60. The molecule has 0 spiro atoms. The van der Waals surface area contributed by atoms with Crippen LogP contribution in [0.4, 0.5) is 0 Å². The van der Waals surface area contributed by atoms with Crippen LogP contribution in [0, 0.1) is 11.8 Å². The zero-order chi connectivity index (χ0) is 17.4. The molecule has 3 nitrogen and oxygen atoms in total. The first-order chi connectivity index (χ1) is 11.6. The first-order valence-electron chi connectivity index (χ1n) is 8.60. The topological polar surface area (TPSA) is 49.3 Å². The summed E-state index contributed by atoms with van der Waals surface area (Å²) < 4.78 is 0. The minimum absolute atomic E-state index is 0.0100. The van der Waals surface area contributed by atoms with E-state index >= 15 is 0 Å². The third-order valence-electron chi connectivity index (χ3n) is 4.36. The van der Waals surface area contributed by atoms with E-state index in [1.165, 1.54) is 5.56 Å². The molecule has 0 bridgehead atoms. The predicted octanol–water partition coefficient (Wildman–Crippen LogP) is 3.35. The van der Waals surface area contributed by atoms with Crippen LogP contribution in [-0.2, 0) is 24.2 Å². The number of rotatable bonds is 8. The molecule has 2 aromatic rings. The molecular weight excluding hydrogens is 298 g/mol. The lowest BCUT2D eigenvalue weighted by Gasteiger charge is -2.20. The summed E-state index contributed by atoms with van der Waals surface area (Å²) >= 11 is 0. The van der Waals surface area contributed by atoms with Crippen molar-refractivity contribution in [2.24, 2.45) is 11.8 Å². The second kappa shape index (κ2) is 9.24. The Morgan fingerprint density at radius 1 is 0.958 bits per heavy atom. The van der Waals surface area contributed by atoms with Crippen molar-refractivity contribution in [3.8, 4) is 0 Å². The number of aliphatic hydroxyl groups is 1. The highest BCUT2D eigenvalue weighted by Crippen LogP contribution is 2.17. The lowest BCUT2D eigenvalue weighted by molar-refractivity contribution is -0.126. The molecule has 1 amide bonds. The summed E-state index contributed by atoms with van der Waals surface area (Å²) in [6.07, 6.45) is 1.57. The summed E-state index contributed by atoms with van der Waals surface area (Å²) in [5, 5.41) is 12.1. The van der Waals surface area contributed by atoms with E-state index in [1.807, 2.05) is 42.5 Å². The lowest BCUT2D eigenvalue weighted by atomic mass is 9.88. The molecule has 1 unspecified atom stereocenters. The SMILES string of the molecule is CC(C)C(Cc1ccccc1)C(=O)NCCc1ccc(CO)cc1. The smallest absolute Gasteiger partial charge is 0.223 e. The van der Waals surface area contributed by atoms with Gasteiger partial charge in [-0.1, -0.05) is 68.4 Å². The van der Waals surface area contributed by atoms with Gasteiger partial charge < -0.3 is 10.4 Å². The Hall–Kier alpha value is -2.13. The second-order valence-electron chi connectivity index (χ2n) is 6.56. The van der Waals surface area contributed by atoms with E-state index in [2.05, 4.69) is 31.3 Å². The number of benzene rings is 2. The van der Waals surface area contributed by atoms with Crippen LogP contribution in [-0.4, -0.2) is 17.6 Å². The molecule has 1 atom stereocenters. The summed E-state index contributed by atoms with van der Waals surface area (Å²) in [5.41, 5.74) is 3.27. The zero-order valence-electron chi connectivity index (χ0n) is 14.5. The molecular formula is C21H27NO2. The highest BCUT2D eigenvalue weighted by molar-refractivity contribution is 5.79. The Morgan fingerprint density at radius 3 is 2.17 bits per heavy atom. The minimum Gasteiger partial charge on any atom is -0.392 e. The molecule has 2 rings (SSSR count). The van der Waals surface area contributed by atoms with Crippen LogP contribution in [0.2, 0.25) is 0 Å². The predicted molar refractivity (Wildman–Crippen MR) is 97.6 cm³/mol. The van der Waals surface area contributed by atoms with Gasteiger partial charge in [0, 0.05) is 12.5 Å². The van der Waals surface area contributed by atoms with E-state index in [-0.39, 0.29) is 18.4 Å². The fourth-order valence-electron chi connectivity index (χ4n) is 2.77. The summed E-state index contributed by atoms with van der Waals surface area (Å²) in [7, 11) is 0. The van der Waals surface area contributed by atoms with Crippen LogP contribution >= 0.6 is 0 Å². The maximum Gasteiger partial charge on any atom is 0.223 e. The maximum atomic E-state index is 12.5. The number of hydrogen-bond donors (Lipinski definition) is 2. The van der Waals surface area contributed by atoms with Crippen LogP contribution in [0.3, 0.4) is 0 Å². The Morgan fingerprint density at radius 2 is 1.58 bits per heavy atom. The van der Waals surface area contributed by atoms with Crippen LogP contribution < -0.4 is 5.32 Å². The number of aliphatic hydroxyl groups excluding tert-OH is 1. The number of hydrogen-bond acceptors (Lipinski definition) is 2. The Labute approximate surface area is 144 Å². The molecule has 2 N–H and O–H groups in total. The minimum atomic E-state index is -0.0100. The van der Waals surface area contributed by atoms with Gasteiger partial charge in [-0.15, -0.1) is 0 Å². The van der Waals surface area contributed by atoms with Crippen molar-refractivity contribution in [2.75, 3.05) is 6.54 Å². The van der Waals surface area contributed by atoms with Gasteiger partial charge in [0.1, 0.15) is 0 Å². The van der Waals surface area contributed by atoms with Crippen molar-refractivity contribution in [3.63, 3.8) is 0 Å². The average molecular weight is 325 g/mol. The number of carbonyl (C=O) groups excluding carboxylic acids is 1. The van der Waals surface area contributed by atoms with Gasteiger partial charge in [0.2, 0.25) is 5.91 Å². The van der Waals surface area contributed by atoms with Gasteiger partial charge in [0.15, 0.2) is 0 Å². The third-order valence-corrected chi connectivity index (χ3v) is 4.36. The molecule has 0 saturated heterocycles. The molecule has 0 radical (unpaired) electrons. The number of nitrogens with one attached hydrogen (secondary N) is 1. The molecule has 0 saturated carbocycles. The summed E-state index contributed by atoms with van der Waals surface area (Å²) in [6.45, 7) is 4.89. The molecule has 3 heteroatoms. The molecule has 128 valence electrons. The first-order valence-corrected chi connectivity index (χ1v) is 8.60. The fraction of sp³-hybridized carbons (Fsp3) is 0.381. The van der Waals surface area contributed by atoms with Crippen molar-refractivity contribution in [1.29, 1.82) is 0 Å². The molecule has 0 aliphatic rings. The second-order valence-corrected chi connectivity index (χ2v) is 6.56. The van der Waals surface area contributed by atoms with Gasteiger partial charge >= 0.3 is 0 Å². The Balaban J connectivity index is 1.86. The first kappa shape index (κ1) is 18.2. The van der Waals surface area contributed by atoms with Crippen molar-refractivity contribution < 1.29 is 9.90 Å². The van der Waals surface area contributed by atoms with Crippen LogP contribution in [0.15, 0.2) is 54.6 Å². The van der Waals surface area contributed by atoms with Crippen molar-refractivity contribution in [2.45, 2.75) is 33.3 Å². The third kappa shape index (κ3) is 5.50. The largest absolute Gasteiger partial charge is 0.392 e. The monoisotopic (exact) mass is 325 g/mol. The van der Waals surface area contributed by atoms with E-state index in [0.29, 0.717) is 12.5 Å². The van der Waals surface area contributed by atoms with E-state index < -0.39 is 0 Å². The maximum absolute atomic E-state index is 12.5. The van der Waals surface area contributed by atoms with Gasteiger partial charge in [0.05, 0.1) is 6.61 Å². The molecule has 0 heterocycles. The van der Waals surface area contributed by atoms with Crippen molar-refractivity contribution >= 4 is 5.91 Å². The summed E-state index contributed by atoms with van der Waals surface area (Å²) in [6, 6.07) is 18.0. The van der Waals surface area contributed by atoms with Gasteiger partial charge in [-0.25, -0.2) is 0 Å². The van der Waals surface area contributed by atoms with E-state index in [0.717, 1.165) is 24.0 Å². The van der Waals surface area contributed by atoms with Gasteiger partial charge in [0.25, 0.3) is 0 Å². The molecule has 0 aliphatic heterocycles. The van der Waals surface area contributed by atoms with Crippen LogP contribution in [0.25, 0.3) is 0 Å². The number of carbonyl (C=O) groups is 1. The normalized spacial score (nSPS) is 12.2. The molecule has 24 heavy (non-hydrogen) atoms. The molecule has 0 fully saturated rings. The fourth-order valence-corrected chi connectivity index (χ4v) is 2.77. The highest BCUT2D eigenvalue weighted by Gasteiger charge is 2.22. The van der Waals surface area contributed by atoms with Gasteiger partial charge in [-0.3, -0.25) is 4.79 Å². The van der Waals surface area contributed by atoms with Crippen LogP contribution in [0.5, 0.6) is 0 Å². The van der Waals surface area contributed by atoms with E-state index in [1.54, 1.807) is 0 Å². The Kier molecular flexibility index (Phi) is 7.01.